The van der Waals surface area contributed by atoms with Crippen LogP contribution in [0.4, 0.5) is 0 Å². The zero-order valence-electron chi connectivity index (χ0n) is 12.0. The van der Waals surface area contributed by atoms with Gasteiger partial charge >= 0.3 is 0 Å². The van der Waals surface area contributed by atoms with Crippen molar-refractivity contribution in [3.8, 4) is 11.5 Å². The highest BCUT2D eigenvalue weighted by Crippen LogP contribution is 2.17. The molecule has 0 aromatic heterocycles. The van der Waals surface area contributed by atoms with Gasteiger partial charge < -0.3 is 9.47 Å². The summed E-state index contributed by atoms with van der Waals surface area (Å²) in [5, 5.41) is 8.35. The third-order valence-electron chi connectivity index (χ3n) is 2.87. The summed E-state index contributed by atoms with van der Waals surface area (Å²) < 4.78 is 11.3. The van der Waals surface area contributed by atoms with Crippen LogP contribution >= 0.6 is 11.8 Å². The third-order valence-corrected chi connectivity index (χ3v) is 3.51. The molecule has 2 rings (SSSR count). The average molecular weight is 301 g/mol. The van der Waals surface area contributed by atoms with Gasteiger partial charge in [-0.15, -0.1) is 11.8 Å². The highest BCUT2D eigenvalue weighted by atomic mass is 32.2. The Bertz CT molecular complexity index is 572. The number of thioether (sulfide) groups is 1. The van der Waals surface area contributed by atoms with Crippen molar-refractivity contribution < 1.29 is 9.47 Å². The molecule has 0 aliphatic carbocycles. The predicted molar refractivity (Wildman–Crippen MR) is 88.8 cm³/mol. The van der Waals surface area contributed by atoms with Crippen LogP contribution in [0.25, 0.3) is 0 Å². The Hall–Kier alpha value is -1.94. The van der Waals surface area contributed by atoms with Gasteiger partial charge in [-0.05, 0) is 30.5 Å². The summed E-state index contributed by atoms with van der Waals surface area (Å²) in [4.78, 5) is 0. The summed E-state index contributed by atoms with van der Waals surface area (Å²) in [5.74, 6) is 1.68. The zero-order chi connectivity index (χ0) is 14.9. The molecule has 0 heterocycles. The fraction of sp³-hybridized carbons (Fsp3) is 0.235. The van der Waals surface area contributed by atoms with Crippen molar-refractivity contribution in [3.05, 3.63) is 60.2 Å². The monoisotopic (exact) mass is 301 g/mol. The number of hydrogen-bond donors (Lipinski definition) is 1. The van der Waals surface area contributed by atoms with Crippen molar-refractivity contribution in [1.82, 2.24) is 0 Å². The molecule has 21 heavy (non-hydrogen) atoms. The minimum atomic E-state index is 0.549. The van der Waals surface area contributed by atoms with Crippen molar-refractivity contribution in [1.29, 1.82) is 5.41 Å². The van der Waals surface area contributed by atoms with E-state index in [1.54, 1.807) is 0 Å². The molecule has 0 unspecified atom stereocenters. The molecule has 0 aliphatic heterocycles. The van der Waals surface area contributed by atoms with Crippen LogP contribution in [-0.2, 0) is 0 Å². The van der Waals surface area contributed by atoms with Crippen molar-refractivity contribution in [2.24, 2.45) is 0 Å². The van der Waals surface area contributed by atoms with E-state index >= 15 is 0 Å². The maximum Gasteiger partial charge on any atom is 0.119 e. The Morgan fingerprint density at radius 1 is 0.952 bits per heavy atom. The number of rotatable bonds is 7. The molecule has 0 atom stereocenters. The van der Waals surface area contributed by atoms with E-state index in [-0.39, 0.29) is 0 Å². The van der Waals surface area contributed by atoms with E-state index in [9.17, 15) is 0 Å². The first kappa shape index (κ1) is 15.4. The molecule has 0 aliphatic rings. The fourth-order valence-electron chi connectivity index (χ4n) is 1.80. The summed E-state index contributed by atoms with van der Waals surface area (Å²) in [6.07, 6.45) is 2.72. The summed E-state index contributed by atoms with van der Waals surface area (Å²) in [7, 11) is 0. The second kappa shape index (κ2) is 8.37. The molecule has 0 saturated heterocycles. The van der Waals surface area contributed by atoms with Gasteiger partial charge in [0, 0.05) is 12.0 Å². The molecule has 3 nitrogen and oxygen atoms in total. The van der Waals surface area contributed by atoms with E-state index in [1.165, 1.54) is 11.8 Å². The van der Waals surface area contributed by atoms with Crippen LogP contribution < -0.4 is 9.47 Å². The second-order valence-corrected chi connectivity index (χ2v) is 5.24. The number of ether oxygens (including phenoxy) is 2. The van der Waals surface area contributed by atoms with Gasteiger partial charge in [0.25, 0.3) is 0 Å². The maximum atomic E-state index is 7.80. The van der Waals surface area contributed by atoms with Gasteiger partial charge in [0.05, 0.1) is 18.3 Å². The van der Waals surface area contributed by atoms with Crippen LogP contribution in [0.2, 0.25) is 0 Å². The Balaban J connectivity index is 1.72. The van der Waals surface area contributed by atoms with Crippen LogP contribution in [0.1, 0.15) is 12.0 Å². The van der Waals surface area contributed by atoms with Crippen molar-refractivity contribution in [2.75, 3.05) is 19.5 Å². The SMILES string of the molecule is CSC(=N)c1cccc(OCCCOc2ccccc2)c1. The smallest absolute Gasteiger partial charge is 0.119 e. The molecule has 0 amide bonds. The lowest BCUT2D eigenvalue weighted by Gasteiger charge is -2.09. The average Bonchev–Trinajstić information content (AvgIpc) is 2.55. The van der Waals surface area contributed by atoms with Crippen LogP contribution in [0.15, 0.2) is 54.6 Å². The van der Waals surface area contributed by atoms with Gasteiger partial charge in [0.1, 0.15) is 11.5 Å². The second-order valence-electron chi connectivity index (χ2n) is 4.42. The first-order chi connectivity index (χ1) is 10.3. The molecule has 0 radical (unpaired) electrons. The van der Waals surface area contributed by atoms with Gasteiger partial charge in [-0.2, -0.15) is 0 Å². The number of hydrogen-bond acceptors (Lipinski definition) is 4. The normalized spacial score (nSPS) is 10.1. The predicted octanol–water partition coefficient (Wildman–Crippen LogP) is 4.22. The highest BCUT2D eigenvalue weighted by molar-refractivity contribution is 8.13. The molecule has 2 aromatic carbocycles. The fourth-order valence-corrected chi connectivity index (χ4v) is 2.16. The minimum Gasteiger partial charge on any atom is -0.493 e. The molecule has 0 fully saturated rings. The van der Waals surface area contributed by atoms with E-state index in [0.717, 1.165) is 23.5 Å². The Kier molecular flexibility index (Phi) is 6.16. The number of nitrogens with one attached hydrogen (secondary N) is 1. The minimum absolute atomic E-state index is 0.549. The van der Waals surface area contributed by atoms with Crippen LogP contribution in [0.3, 0.4) is 0 Å². The van der Waals surface area contributed by atoms with Crippen molar-refractivity contribution >= 4 is 16.8 Å². The lowest BCUT2D eigenvalue weighted by Crippen LogP contribution is -2.05. The molecule has 2 aromatic rings. The van der Waals surface area contributed by atoms with E-state index in [0.29, 0.717) is 18.3 Å². The summed E-state index contributed by atoms with van der Waals surface area (Å²) in [6, 6.07) is 17.4. The Morgan fingerprint density at radius 2 is 1.62 bits per heavy atom. The summed E-state index contributed by atoms with van der Waals surface area (Å²) in [5.41, 5.74) is 0.889. The Morgan fingerprint density at radius 3 is 2.33 bits per heavy atom. The topological polar surface area (TPSA) is 42.3 Å². The quantitative estimate of drug-likeness (QED) is 0.473. The number of benzene rings is 2. The largest absolute Gasteiger partial charge is 0.493 e. The molecule has 0 saturated carbocycles. The lowest BCUT2D eigenvalue weighted by atomic mass is 10.2. The van der Waals surface area contributed by atoms with Gasteiger partial charge in [0.2, 0.25) is 0 Å². The maximum absolute atomic E-state index is 7.80. The van der Waals surface area contributed by atoms with E-state index < -0.39 is 0 Å². The molecule has 110 valence electrons. The molecular formula is C17H19NO2S. The van der Waals surface area contributed by atoms with Crippen LogP contribution in [-0.4, -0.2) is 24.5 Å². The molecule has 1 N–H and O–H groups in total. The van der Waals surface area contributed by atoms with Gasteiger partial charge in [-0.1, -0.05) is 30.3 Å². The molecule has 0 bridgehead atoms. The first-order valence-electron chi connectivity index (χ1n) is 6.83. The summed E-state index contributed by atoms with van der Waals surface area (Å²) in [6.45, 7) is 1.23. The standard InChI is InChI=1S/C17H19NO2S/c1-21-17(18)14-7-5-10-16(13-14)20-12-6-11-19-15-8-3-2-4-9-15/h2-5,7-10,13,18H,6,11-12H2,1H3. The van der Waals surface area contributed by atoms with Crippen LogP contribution in [0, 0.1) is 5.41 Å². The zero-order valence-corrected chi connectivity index (χ0v) is 12.9. The van der Waals surface area contributed by atoms with Crippen molar-refractivity contribution in [3.63, 3.8) is 0 Å². The van der Waals surface area contributed by atoms with E-state index in [1.807, 2.05) is 60.9 Å². The first-order valence-corrected chi connectivity index (χ1v) is 8.05. The summed E-state index contributed by atoms with van der Waals surface area (Å²) >= 11 is 1.42. The Labute approximate surface area is 129 Å². The van der Waals surface area contributed by atoms with E-state index in [4.69, 9.17) is 14.9 Å². The van der Waals surface area contributed by atoms with E-state index in [2.05, 4.69) is 0 Å². The van der Waals surface area contributed by atoms with Crippen LogP contribution in [0.5, 0.6) is 11.5 Å². The van der Waals surface area contributed by atoms with Gasteiger partial charge in [-0.3, -0.25) is 5.41 Å². The number of para-hydroxylation sites is 1. The van der Waals surface area contributed by atoms with Crippen molar-refractivity contribution in [2.45, 2.75) is 6.42 Å². The molecular weight excluding hydrogens is 282 g/mol. The third kappa shape index (κ3) is 5.16. The molecule has 4 heteroatoms. The lowest BCUT2D eigenvalue weighted by molar-refractivity contribution is 0.247. The van der Waals surface area contributed by atoms with Gasteiger partial charge in [-0.25, -0.2) is 0 Å². The molecule has 0 spiro atoms. The van der Waals surface area contributed by atoms with Gasteiger partial charge in [0.15, 0.2) is 0 Å². The highest BCUT2D eigenvalue weighted by Gasteiger charge is 2.01.